The van der Waals surface area contributed by atoms with Gasteiger partial charge in [-0.25, -0.2) is 0 Å². The summed E-state index contributed by atoms with van der Waals surface area (Å²) < 4.78 is 0. The Balaban J connectivity index is 2.33. The van der Waals surface area contributed by atoms with Crippen molar-refractivity contribution in [2.45, 2.75) is 13.0 Å². The van der Waals surface area contributed by atoms with Crippen molar-refractivity contribution < 1.29 is 0 Å². The van der Waals surface area contributed by atoms with Crippen LogP contribution in [0.2, 0.25) is 10.0 Å². The third-order valence-electron chi connectivity index (χ3n) is 3.39. The summed E-state index contributed by atoms with van der Waals surface area (Å²) in [6.45, 7) is 2.08. The molecule has 20 heavy (non-hydrogen) atoms. The molecule has 0 spiro atoms. The van der Waals surface area contributed by atoms with Gasteiger partial charge in [0.2, 0.25) is 0 Å². The molecule has 0 saturated carbocycles. The molecular formula is C16H14Cl2N2. The Bertz CT molecular complexity index is 645. The highest BCUT2D eigenvalue weighted by molar-refractivity contribution is 6.31. The summed E-state index contributed by atoms with van der Waals surface area (Å²) in [6, 6.07) is 15.4. The van der Waals surface area contributed by atoms with E-state index in [4.69, 9.17) is 23.2 Å². The summed E-state index contributed by atoms with van der Waals surface area (Å²) in [5.41, 5.74) is 2.57. The molecule has 0 N–H and O–H groups in total. The molecule has 2 aromatic carbocycles. The SMILES string of the molecule is CC(c1ccc(Cl)cc1)N(C)c1ccc(Cl)cc1C#N. The number of nitriles is 1. The van der Waals surface area contributed by atoms with Crippen LogP contribution in [-0.4, -0.2) is 7.05 Å². The molecule has 1 unspecified atom stereocenters. The van der Waals surface area contributed by atoms with Gasteiger partial charge in [0.25, 0.3) is 0 Å². The summed E-state index contributed by atoms with van der Waals surface area (Å²) in [6.07, 6.45) is 0. The summed E-state index contributed by atoms with van der Waals surface area (Å²) in [5, 5.41) is 10.5. The second kappa shape index (κ2) is 6.17. The van der Waals surface area contributed by atoms with Crippen LogP contribution in [-0.2, 0) is 0 Å². The maximum atomic E-state index is 9.23. The van der Waals surface area contributed by atoms with Crippen LogP contribution in [0.15, 0.2) is 42.5 Å². The first-order chi connectivity index (χ1) is 9.52. The van der Waals surface area contributed by atoms with Crippen molar-refractivity contribution in [1.82, 2.24) is 0 Å². The van der Waals surface area contributed by atoms with Gasteiger partial charge in [-0.3, -0.25) is 0 Å². The molecule has 0 aliphatic rings. The quantitative estimate of drug-likeness (QED) is 0.792. The zero-order valence-corrected chi connectivity index (χ0v) is 12.8. The minimum absolute atomic E-state index is 0.126. The van der Waals surface area contributed by atoms with E-state index in [-0.39, 0.29) is 6.04 Å². The fraction of sp³-hybridized carbons (Fsp3) is 0.188. The molecule has 0 bridgehead atoms. The standard InChI is InChI=1S/C16H14Cl2N2/c1-11(12-3-5-14(17)6-4-12)20(2)16-8-7-15(18)9-13(16)10-19/h3-9,11H,1-2H3. The molecule has 1 atom stereocenters. The number of hydrogen-bond acceptors (Lipinski definition) is 2. The molecular weight excluding hydrogens is 291 g/mol. The number of hydrogen-bond donors (Lipinski definition) is 0. The lowest BCUT2D eigenvalue weighted by Gasteiger charge is -2.28. The molecule has 2 rings (SSSR count). The maximum absolute atomic E-state index is 9.23. The third-order valence-corrected chi connectivity index (χ3v) is 3.88. The van der Waals surface area contributed by atoms with Gasteiger partial charge in [-0.1, -0.05) is 35.3 Å². The molecule has 0 heterocycles. The molecule has 0 fully saturated rings. The highest BCUT2D eigenvalue weighted by Gasteiger charge is 2.15. The number of rotatable bonds is 3. The summed E-state index contributed by atoms with van der Waals surface area (Å²) in [4.78, 5) is 2.05. The van der Waals surface area contributed by atoms with Gasteiger partial charge in [0, 0.05) is 17.1 Å². The second-order valence-corrected chi connectivity index (χ2v) is 5.48. The Morgan fingerprint density at radius 1 is 1.05 bits per heavy atom. The maximum Gasteiger partial charge on any atom is 0.101 e. The van der Waals surface area contributed by atoms with E-state index in [1.165, 1.54) is 0 Å². The lowest BCUT2D eigenvalue weighted by Crippen LogP contribution is -2.22. The molecule has 2 nitrogen and oxygen atoms in total. The predicted octanol–water partition coefficient (Wildman–Crippen LogP) is 5.06. The summed E-state index contributed by atoms with van der Waals surface area (Å²) in [7, 11) is 1.96. The molecule has 0 aliphatic carbocycles. The normalized spacial score (nSPS) is 11.8. The second-order valence-electron chi connectivity index (χ2n) is 4.61. The van der Waals surface area contributed by atoms with E-state index < -0.39 is 0 Å². The van der Waals surface area contributed by atoms with Crippen LogP contribution in [0, 0.1) is 11.3 Å². The van der Waals surface area contributed by atoms with Crippen LogP contribution in [0.4, 0.5) is 5.69 Å². The van der Waals surface area contributed by atoms with E-state index in [0.29, 0.717) is 15.6 Å². The number of benzene rings is 2. The lowest BCUT2D eigenvalue weighted by atomic mass is 10.1. The Morgan fingerprint density at radius 2 is 1.65 bits per heavy atom. The molecule has 0 aromatic heterocycles. The zero-order chi connectivity index (χ0) is 14.7. The number of anilines is 1. The topological polar surface area (TPSA) is 27.0 Å². The van der Waals surface area contributed by atoms with Gasteiger partial charge in [-0.2, -0.15) is 5.26 Å². The van der Waals surface area contributed by atoms with Crippen molar-refractivity contribution in [3.8, 4) is 6.07 Å². The van der Waals surface area contributed by atoms with Crippen molar-refractivity contribution in [3.63, 3.8) is 0 Å². The van der Waals surface area contributed by atoms with Crippen molar-refractivity contribution >= 4 is 28.9 Å². The first kappa shape index (κ1) is 14.7. The van der Waals surface area contributed by atoms with Gasteiger partial charge in [0.1, 0.15) is 6.07 Å². The van der Waals surface area contributed by atoms with Gasteiger partial charge in [0.05, 0.1) is 17.3 Å². The third kappa shape index (κ3) is 3.07. The van der Waals surface area contributed by atoms with Crippen LogP contribution in [0.5, 0.6) is 0 Å². The van der Waals surface area contributed by atoms with Crippen LogP contribution in [0.3, 0.4) is 0 Å². The van der Waals surface area contributed by atoms with E-state index in [9.17, 15) is 5.26 Å². The van der Waals surface area contributed by atoms with Crippen LogP contribution in [0.1, 0.15) is 24.1 Å². The Morgan fingerprint density at radius 3 is 2.25 bits per heavy atom. The summed E-state index contributed by atoms with van der Waals surface area (Å²) in [5.74, 6) is 0. The van der Waals surface area contributed by atoms with E-state index in [2.05, 4.69) is 17.9 Å². The lowest BCUT2D eigenvalue weighted by molar-refractivity contribution is 0.739. The number of nitrogens with zero attached hydrogens (tertiary/aromatic N) is 2. The van der Waals surface area contributed by atoms with Crippen LogP contribution in [0.25, 0.3) is 0 Å². The van der Waals surface area contributed by atoms with Gasteiger partial charge in [0.15, 0.2) is 0 Å². The fourth-order valence-electron chi connectivity index (χ4n) is 2.08. The van der Waals surface area contributed by atoms with Crippen molar-refractivity contribution in [2.24, 2.45) is 0 Å². The minimum atomic E-state index is 0.126. The van der Waals surface area contributed by atoms with E-state index in [0.717, 1.165) is 11.3 Å². The summed E-state index contributed by atoms with van der Waals surface area (Å²) >= 11 is 11.8. The molecule has 0 saturated heterocycles. The highest BCUT2D eigenvalue weighted by atomic mass is 35.5. The average Bonchev–Trinajstić information content (AvgIpc) is 2.46. The van der Waals surface area contributed by atoms with Crippen LogP contribution >= 0.6 is 23.2 Å². The number of halogens is 2. The molecule has 4 heteroatoms. The van der Waals surface area contributed by atoms with Gasteiger partial charge >= 0.3 is 0 Å². The smallest absolute Gasteiger partial charge is 0.101 e. The monoisotopic (exact) mass is 304 g/mol. The van der Waals surface area contributed by atoms with Crippen LogP contribution < -0.4 is 4.90 Å². The minimum Gasteiger partial charge on any atom is -0.367 e. The van der Waals surface area contributed by atoms with E-state index in [1.54, 1.807) is 12.1 Å². The van der Waals surface area contributed by atoms with Crippen molar-refractivity contribution in [2.75, 3.05) is 11.9 Å². The Labute approximate surface area is 129 Å². The largest absolute Gasteiger partial charge is 0.367 e. The first-order valence-corrected chi connectivity index (χ1v) is 6.96. The van der Waals surface area contributed by atoms with Gasteiger partial charge < -0.3 is 4.90 Å². The Hall–Kier alpha value is -1.69. The average molecular weight is 305 g/mol. The van der Waals surface area contributed by atoms with Gasteiger partial charge in [-0.15, -0.1) is 0 Å². The molecule has 2 aromatic rings. The highest BCUT2D eigenvalue weighted by Crippen LogP contribution is 2.30. The van der Waals surface area contributed by atoms with Crippen molar-refractivity contribution in [1.29, 1.82) is 5.26 Å². The van der Waals surface area contributed by atoms with E-state index in [1.807, 2.05) is 37.4 Å². The Kier molecular flexibility index (Phi) is 4.54. The molecule has 0 aliphatic heterocycles. The molecule has 102 valence electrons. The first-order valence-electron chi connectivity index (χ1n) is 6.21. The van der Waals surface area contributed by atoms with Gasteiger partial charge in [-0.05, 0) is 42.8 Å². The zero-order valence-electron chi connectivity index (χ0n) is 11.3. The van der Waals surface area contributed by atoms with Crippen molar-refractivity contribution in [3.05, 3.63) is 63.6 Å². The molecule has 0 amide bonds. The fourth-order valence-corrected chi connectivity index (χ4v) is 2.38. The predicted molar refractivity (Wildman–Crippen MR) is 84.4 cm³/mol. The molecule has 0 radical (unpaired) electrons. The van der Waals surface area contributed by atoms with E-state index >= 15 is 0 Å².